The van der Waals surface area contributed by atoms with E-state index in [1.165, 1.54) is 22.8 Å². The SMILES string of the molecule is Cc1cc(N2CCSCC2)ccc1NC(=O)NC1CCN(Cc2ccc(Cl)cc2)CC1. The van der Waals surface area contributed by atoms with E-state index in [9.17, 15) is 4.79 Å². The Morgan fingerprint density at radius 3 is 2.45 bits per heavy atom. The van der Waals surface area contributed by atoms with E-state index >= 15 is 0 Å². The lowest BCUT2D eigenvalue weighted by molar-refractivity contribution is 0.190. The Labute approximate surface area is 194 Å². The quantitative estimate of drug-likeness (QED) is 0.662. The molecule has 2 saturated heterocycles. The van der Waals surface area contributed by atoms with Crippen LogP contribution < -0.4 is 15.5 Å². The number of aryl methyl sites for hydroxylation is 1. The number of nitrogens with zero attached hydrogens (tertiary/aromatic N) is 2. The van der Waals surface area contributed by atoms with Gasteiger partial charge in [0, 0.05) is 66.7 Å². The molecule has 5 nitrogen and oxygen atoms in total. The topological polar surface area (TPSA) is 47.6 Å². The van der Waals surface area contributed by atoms with Crippen LogP contribution in [0.1, 0.15) is 24.0 Å². The summed E-state index contributed by atoms with van der Waals surface area (Å²) in [6, 6.07) is 14.5. The van der Waals surface area contributed by atoms with Crippen LogP contribution in [0.25, 0.3) is 0 Å². The van der Waals surface area contributed by atoms with Gasteiger partial charge in [0.25, 0.3) is 0 Å². The summed E-state index contributed by atoms with van der Waals surface area (Å²) < 4.78 is 0. The summed E-state index contributed by atoms with van der Waals surface area (Å²) in [7, 11) is 0. The Morgan fingerprint density at radius 2 is 1.77 bits per heavy atom. The van der Waals surface area contributed by atoms with Gasteiger partial charge in [-0.25, -0.2) is 4.79 Å². The first-order valence-electron chi connectivity index (χ1n) is 11.0. The van der Waals surface area contributed by atoms with Crippen molar-refractivity contribution in [3.63, 3.8) is 0 Å². The number of carbonyl (C=O) groups is 1. The summed E-state index contributed by atoms with van der Waals surface area (Å²) in [5.74, 6) is 2.36. The van der Waals surface area contributed by atoms with Crippen LogP contribution in [-0.2, 0) is 6.54 Å². The molecule has 166 valence electrons. The van der Waals surface area contributed by atoms with Crippen LogP contribution in [0.4, 0.5) is 16.2 Å². The summed E-state index contributed by atoms with van der Waals surface area (Å²) in [5.41, 5.74) is 4.50. The second kappa shape index (κ2) is 10.6. The highest BCUT2D eigenvalue weighted by molar-refractivity contribution is 7.99. The molecule has 2 aromatic carbocycles. The molecule has 0 saturated carbocycles. The molecule has 7 heteroatoms. The fourth-order valence-electron chi connectivity index (χ4n) is 4.23. The number of urea groups is 1. The van der Waals surface area contributed by atoms with Crippen LogP contribution in [0.3, 0.4) is 0 Å². The molecule has 2 N–H and O–H groups in total. The fraction of sp³-hybridized carbons (Fsp3) is 0.458. The average Bonchev–Trinajstić information content (AvgIpc) is 2.79. The van der Waals surface area contributed by atoms with Gasteiger partial charge in [-0.3, -0.25) is 4.90 Å². The first kappa shape index (κ1) is 22.3. The molecule has 2 aromatic rings. The van der Waals surface area contributed by atoms with Crippen molar-refractivity contribution in [2.45, 2.75) is 32.4 Å². The lowest BCUT2D eigenvalue weighted by atomic mass is 10.0. The monoisotopic (exact) mass is 458 g/mol. The van der Waals surface area contributed by atoms with Gasteiger partial charge >= 0.3 is 6.03 Å². The number of hydrogen-bond acceptors (Lipinski definition) is 4. The number of anilines is 2. The Morgan fingerprint density at radius 1 is 1.06 bits per heavy atom. The molecule has 2 amide bonds. The summed E-state index contributed by atoms with van der Waals surface area (Å²) in [6.07, 6.45) is 1.93. The summed E-state index contributed by atoms with van der Waals surface area (Å²) in [4.78, 5) is 17.4. The van der Waals surface area contributed by atoms with Crippen LogP contribution in [0.5, 0.6) is 0 Å². The van der Waals surface area contributed by atoms with Crippen molar-refractivity contribution in [3.8, 4) is 0 Å². The molecule has 0 aromatic heterocycles. The highest BCUT2D eigenvalue weighted by Crippen LogP contribution is 2.25. The Kier molecular flexibility index (Phi) is 7.64. The van der Waals surface area contributed by atoms with Gasteiger partial charge in [-0.1, -0.05) is 23.7 Å². The van der Waals surface area contributed by atoms with Gasteiger partial charge in [0.2, 0.25) is 0 Å². The Bertz CT molecular complexity index is 878. The second-order valence-electron chi connectivity index (χ2n) is 8.37. The van der Waals surface area contributed by atoms with Crippen molar-refractivity contribution in [1.82, 2.24) is 10.2 Å². The molecule has 2 aliphatic heterocycles. The number of piperidine rings is 1. The number of likely N-dealkylation sites (tertiary alicyclic amines) is 1. The van der Waals surface area contributed by atoms with Gasteiger partial charge < -0.3 is 15.5 Å². The highest BCUT2D eigenvalue weighted by atomic mass is 35.5. The Hall–Kier alpha value is -1.89. The highest BCUT2D eigenvalue weighted by Gasteiger charge is 2.21. The molecule has 0 unspecified atom stereocenters. The zero-order valence-corrected chi connectivity index (χ0v) is 19.6. The number of thioether (sulfide) groups is 1. The molecule has 0 bridgehead atoms. The lowest BCUT2D eigenvalue weighted by Gasteiger charge is -2.32. The second-order valence-corrected chi connectivity index (χ2v) is 10.0. The standard InChI is InChI=1S/C24H31ClN4OS/c1-18-16-22(29-12-14-31-15-13-29)6-7-23(18)27-24(30)26-21-8-10-28(11-9-21)17-19-2-4-20(25)5-3-19/h2-7,16,21H,8-15,17H2,1H3,(H2,26,27,30). The normalized spacial score (nSPS) is 18.1. The molecule has 2 aliphatic rings. The predicted octanol–water partition coefficient (Wildman–Crippen LogP) is 4.99. The number of benzene rings is 2. The minimum Gasteiger partial charge on any atom is -0.370 e. The fourth-order valence-corrected chi connectivity index (χ4v) is 5.26. The first-order valence-corrected chi connectivity index (χ1v) is 12.6. The Balaban J connectivity index is 1.23. The van der Waals surface area contributed by atoms with Gasteiger partial charge in [0.15, 0.2) is 0 Å². The third kappa shape index (κ3) is 6.31. The van der Waals surface area contributed by atoms with E-state index in [1.807, 2.05) is 30.0 Å². The zero-order valence-electron chi connectivity index (χ0n) is 18.1. The maximum Gasteiger partial charge on any atom is 0.319 e. The molecule has 2 fully saturated rings. The number of hydrogen-bond donors (Lipinski definition) is 2. The van der Waals surface area contributed by atoms with Crippen molar-refractivity contribution in [1.29, 1.82) is 0 Å². The largest absolute Gasteiger partial charge is 0.370 e. The van der Waals surface area contributed by atoms with Crippen molar-refractivity contribution < 1.29 is 4.79 Å². The van der Waals surface area contributed by atoms with Crippen LogP contribution in [-0.4, -0.2) is 54.7 Å². The number of halogens is 1. The third-order valence-corrected chi connectivity index (χ3v) is 7.27. The minimum absolute atomic E-state index is 0.110. The zero-order chi connectivity index (χ0) is 21.6. The molecule has 0 radical (unpaired) electrons. The van der Waals surface area contributed by atoms with Gasteiger partial charge in [-0.2, -0.15) is 11.8 Å². The average molecular weight is 459 g/mol. The molecular weight excluding hydrogens is 428 g/mol. The number of nitrogens with one attached hydrogen (secondary N) is 2. The van der Waals surface area contributed by atoms with Crippen LogP contribution in [0, 0.1) is 6.92 Å². The van der Waals surface area contributed by atoms with Gasteiger partial charge in [-0.05, 0) is 61.2 Å². The first-order chi connectivity index (χ1) is 15.1. The lowest BCUT2D eigenvalue weighted by Crippen LogP contribution is -2.45. The number of amides is 2. The van der Waals surface area contributed by atoms with Crippen LogP contribution in [0.15, 0.2) is 42.5 Å². The van der Waals surface area contributed by atoms with E-state index in [0.29, 0.717) is 0 Å². The van der Waals surface area contributed by atoms with Gasteiger partial charge in [0.1, 0.15) is 0 Å². The smallest absolute Gasteiger partial charge is 0.319 e. The van der Waals surface area contributed by atoms with E-state index in [2.05, 4.69) is 51.6 Å². The van der Waals surface area contributed by atoms with Crippen molar-refractivity contribution in [2.24, 2.45) is 0 Å². The van der Waals surface area contributed by atoms with E-state index in [0.717, 1.165) is 61.8 Å². The summed E-state index contributed by atoms with van der Waals surface area (Å²) >= 11 is 7.98. The van der Waals surface area contributed by atoms with Crippen molar-refractivity contribution >= 4 is 40.8 Å². The van der Waals surface area contributed by atoms with Crippen molar-refractivity contribution in [2.75, 3.05) is 47.9 Å². The number of carbonyl (C=O) groups excluding carboxylic acids is 1. The van der Waals surface area contributed by atoms with Gasteiger partial charge in [-0.15, -0.1) is 0 Å². The molecule has 2 heterocycles. The van der Waals surface area contributed by atoms with Gasteiger partial charge in [0.05, 0.1) is 0 Å². The maximum atomic E-state index is 12.6. The third-order valence-electron chi connectivity index (χ3n) is 6.08. The molecule has 31 heavy (non-hydrogen) atoms. The predicted molar refractivity (Wildman–Crippen MR) is 133 cm³/mol. The van der Waals surface area contributed by atoms with E-state index in [1.54, 1.807) is 0 Å². The summed E-state index contributed by atoms with van der Waals surface area (Å²) in [6.45, 7) is 7.14. The van der Waals surface area contributed by atoms with E-state index in [-0.39, 0.29) is 12.1 Å². The molecule has 0 atom stereocenters. The minimum atomic E-state index is -0.110. The molecule has 4 rings (SSSR count). The van der Waals surface area contributed by atoms with Crippen molar-refractivity contribution in [3.05, 3.63) is 58.6 Å². The van der Waals surface area contributed by atoms with Crippen LogP contribution in [0.2, 0.25) is 5.02 Å². The molecular formula is C24H31ClN4OS. The van der Waals surface area contributed by atoms with E-state index < -0.39 is 0 Å². The van der Waals surface area contributed by atoms with E-state index in [4.69, 9.17) is 11.6 Å². The molecule has 0 spiro atoms. The van der Waals surface area contributed by atoms with Crippen LogP contribution >= 0.6 is 23.4 Å². The maximum absolute atomic E-state index is 12.6. The number of rotatable bonds is 5. The summed E-state index contributed by atoms with van der Waals surface area (Å²) in [5, 5.41) is 6.97. The molecule has 0 aliphatic carbocycles.